The van der Waals surface area contributed by atoms with Gasteiger partial charge in [-0.3, -0.25) is 23.4 Å². The Balaban J connectivity index is 4.41. The Morgan fingerprint density at radius 2 is 0.900 bits per heavy atom. The van der Waals surface area contributed by atoms with Crippen molar-refractivity contribution in [2.45, 2.75) is 219 Å². The second kappa shape index (κ2) is 43.1. The van der Waals surface area contributed by atoms with Gasteiger partial charge >= 0.3 is 25.7 Å². The summed E-state index contributed by atoms with van der Waals surface area (Å²) in [6, 6.07) is -1.53. The monoisotopic (exact) mass is 868 g/mol. The third-order valence-electron chi connectivity index (χ3n) is 10.1. The topological polar surface area (TPSA) is 172 Å². The number of nitrogens with two attached hydrogens (primary N) is 1. The van der Waals surface area contributed by atoms with E-state index in [2.05, 4.69) is 54.8 Å². The predicted octanol–water partition coefficient (Wildman–Crippen LogP) is 13.0. The Labute approximate surface area is 365 Å². The van der Waals surface area contributed by atoms with Crippen LogP contribution < -0.4 is 5.73 Å². The molecule has 0 aromatic heterocycles. The fraction of sp³-hybridized carbons (Fsp3) is 0.771. The normalized spacial score (nSPS) is 14.1. The SMILES string of the molecule is CCCCCCCCC/C=C/C/C=C/C/C=C/C/C=C/CCCC(=O)O[C@@H](COC(=O)CCCCCCCCCCCCCCCCC)COP(=O)(O)OC[C@H](N)C(=O)O. The van der Waals surface area contributed by atoms with Crippen molar-refractivity contribution in [3.8, 4) is 0 Å². The van der Waals surface area contributed by atoms with E-state index >= 15 is 0 Å². The first kappa shape index (κ1) is 57.4. The predicted molar refractivity (Wildman–Crippen MR) is 245 cm³/mol. The highest BCUT2D eigenvalue weighted by Crippen LogP contribution is 2.43. The van der Waals surface area contributed by atoms with Crippen molar-refractivity contribution < 1.29 is 47.5 Å². The van der Waals surface area contributed by atoms with Crippen LogP contribution in [0.1, 0.15) is 206 Å². The van der Waals surface area contributed by atoms with E-state index in [-0.39, 0.29) is 19.4 Å². The number of allylic oxidation sites excluding steroid dienone is 8. The summed E-state index contributed by atoms with van der Waals surface area (Å²) in [7, 11) is -4.73. The first-order valence-corrected chi connectivity index (χ1v) is 25.2. The minimum absolute atomic E-state index is 0.0861. The molecule has 0 aliphatic rings. The van der Waals surface area contributed by atoms with E-state index in [4.69, 9.17) is 24.8 Å². The number of esters is 2. The zero-order valence-corrected chi connectivity index (χ0v) is 38.7. The Morgan fingerprint density at radius 1 is 0.517 bits per heavy atom. The van der Waals surface area contributed by atoms with Gasteiger partial charge in [0.25, 0.3) is 0 Å². The van der Waals surface area contributed by atoms with E-state index in [1.165, 1.54) is 122 Å². The second-order valence-electron chi connectivity index (χ2n) is 15.9. The molecule has 0 bridgehead atoms. The number of hydrogen-bond donors (Lipinski definition) is 3. The summed E-state index contributed by atoms with van der Waals surface area (Å²) < 4.78 is 32.7. The number of aliphatic carboxylic acids is 1. The zero-order valence-electron chi connectivity index (χ0n) is 37.8. The number of hydrogen-bond acceptors (Lipinski definition) is 9. The van der Waals surface area contributed by atoms with Crippen molar-refractivity contribution in [1.82, 2.24) is 0 Å². The van der Waals surface area contributed by atoms with E-state index in [1.807, 2.05) is 12.2 Å². The number of phosphoric ester groups is 1. The quantitative estimate of drug-likeness (QED) is 0.0230. The maximum Gasteiger partial charge on any atom is 0.472 e. The van der Waals surface area contributed by atoms with Gasteiger partial charge in [0.2, 0.25) is 0 Å². The number of ether oxygens (including phenoxy) is 2. The Bertz CT molecular complexity index is 1200. The first-order valence-electron chi connectivity index (χ1n) is 23.7. The molecule has 0 aromatic rings. The van der Waals surface area contributed by atoms with Gasteiger partial charge in [-0.25, -0.2) is 4.57 Å². The molecule has 0 saturated heterocycles. The Hall–Kier alpha value is -2.56. The molecule has 0 radical (unpaired) electrons. The van der Waals surface area contributed by atoms with Gasteiger partial charge in [-0.1, -0.05) is 191 Å². The van der Waals surface area contributed by atoms with Crippen molar-refractivity contribution in [3.05, 3.63) is 48.6 Å². The van der Waals surface area contributed by atoms with Crippen LogP contribution in [0.5, 0.6) is 0 Å². The molecule has 0 aromatic carbocycles. The molecule has 0 amide bonds. The molecule has 60 heavy (non-hydrogen) atoms. The van der Waals surface area contributed by atoms with Gasteiger partial charge in [-0.2, -0.15) is 0 Å². The van der Waals surface area contributed by atoms with E-state index in [9.17, 15) is 23.8 Å². The summed E-state index contributed by atoms with van der Waals surface area (Å²) in [5.74, 6) is -2.44. The van der Waals surface area contributed by atoms with E-state index < -0.39 is 51.1 Å². The highest BCUT2D eigenvalue weighted by Gasteiger charge is 2.28. The fourth-order valence-corrected chi connectivity index (χ4v) is 7.13. The molecule has 4 N–H and O–H groups in total. The van der Waals surface area contributed by atoms with Gasteiger partial charge in [0, 0.05) is 12.8 Å². The lowest BCUT2D eigenvalue weighted by molar-refractivity contribution is -0.161. The molecule has 11 nitrogen and oxygen atoms in total. The lowest BCUT2D eigenvalue weighted by atomic mass is 10.0. The van der Waals surface area contributed by atoms with Crippen LogP contribution in [-0.2, 0) is 37.5 Å². The summed E-state index contributed by atoms with van der Waals surface area (Å²) in [4.78, 5) is 46.0. The van der Waals surface area contributed by atoms with E-state index in [0.29, 0.717) is 19.3 Å². The average molecular weight is 868 g/mol. The fourth-order valence-electron chi connectivity index (χ4n) is 6.35. The van der Waals surface area contributed by atoms with Crippen molar-refractivity contribution in [3.63, 3.8) is 0 Å². The van der Waals surface area contributed by atoms with Crippen molar-refractivity contribution in [1.29, 1.82) is 0 Å². The summed E-state index contributed by atoms with van der Waals surface area (Å²) in [6.45, 7) is 2.76. The van der Waals surface area contributed by atoms with Crippen molar-refractivity contribution in [2.75, 3.05) is 19.8 Å². The highest BCUT2D eigenvalue weighted by atomic mass is 31.2. The van der Waals surface area contributed by atoms with Crippen molar-refractivity contribution >= 4 is 25.7 Å². The molecule has 0 heterocycles. The van der Waals surface area contributed by atoms with Gasteiger partial charge < -0.3 is 25.2 Å². The standard InChI is InChI=1S/C48H86NO10P/c1-3-5-7-9-11-13-15-17-19-20-21-22-23-24-26-28-30-32-34-36-38-40-47(51)59-44(42-57-60(54,55)58-43-45(49)48(52)53)41-56-46(50)39-37-35-33-31-29-27-25-18-16-14-12-10-8-6-4-2/h19-20,22-23,26,28,32,34,44-45H,3-18,21,24-25,27,29-31,33,35-43,49H2,1-2H3,(H,52,53)(H,54,55)/b20-19+,23-22+,28-26+,34-32+/t44-,45-/m0/s1. The van der Waals surface area contributed by atoms with Crippen LogP contribution in [0, 0.1) is 0 Å². The van der Waals surface area contributed by atoms with Crippen LogP contribution in [0.15, 0.2) is 48.6 Å². The van der Waals surface area contributed by atoms with Gasteiger partial charge in [-0.15, -0.1) is 0 Å². The molecule has 12 heteroatoms. The molecule has 0 aliphatic carbocycles. The molecule has 0 saturated carbocycles. The first-order chi connectivity index (χ1) is 29.1. The number of carboxylic acids is 1. The summed E-state index contributed by atoms with van der Waals surface area (Å²) in [5.41, 5.74) is 5.34. The molecule has 0 rings (SSSR count). The van der Waals surface area contributed by atoms with Gasteiger partial charge in [0.05, 0.1) is 13.2 Å². The molecule has 348 valence electrons. The second-order valence-corrected chi connectivity index (χ2v) is 17.3. The number of rotatable bonds is 44. The average Bonchev–Trinajstić information content (AvgIpc) is 3.22. The smallest absolute Gasteiger partial charge is 0.472 e. The number of unbranched alkanes of at least 4 members (excludes halogenated alkanes) is 22. The third kappa shape index (κ3) is 42.1. The van der Waals surface area contributed by atoms with Gasteiger partial charge in [-0.05, 0) is 51.4 Å². The molecule has 3 atom stereocenters. The molecule has 0 aliphatic heterocycles. The van der Waals surface area contributed by atoms with Crippen molar-refractivity contribution in [2.24, 2.45) is 5.73 Å². The Kier molecular flexibility index (Phi) is 41.3. The number of carboxylic acid groups (broad SMARTS) is 1. The highest BCUT2D eigenvalue weighted by molar-refractivity contribution is 7.47. The van der Waals surface area contributed by atoms with E-state index in [1.54, 1.807) is 0 Å². The largest absolute Gasteiger partial charge is 0.480 e. The van der Waals surface area contributed by atoms with Crippen LogP contribution >= 0.6 is 7.82 Å². The summed E-state index contributed by atoms with van der Waals surface area (Å²) in [5, 5.41) is 8.90. The maximum atomic E-state index is 12.6. The summed E-state index contributed by atoms with van der Waals surface area (Å²) >= 11 is 0. The van der Waals surface area contributed by atoms with E-state index in [0.717, 1.165) is 38.5 Å². The number of carbonyl (C=O) groups excluding carboxylic acids is 2. The Morgan fingerprint density at radius 3 is 1.37 bits per heavy atom. The minimum Gasteiger partial charge on any atom is -0.480 e. The third-order valence-corrected chi connectivity index (χ3v) is 11.0. The van der Waals surface area contributed by atoms with Crippen LogP contribution in [0.3, 0.4) is 0 Å². The van der Waals surface area contributed by atoms with Gasteiger partial charge in [0.15, 0.2) is 6.10 Å². The number of carbonyl (C=O) groups is 3. The summed E-state index contributed by atoms with van der Waals surface area (Å²) in [6.07, 6.45) is 49.0. The van der Waals surface area contributed by atoms with Crippen LogP contribution in [0.2, 0.25) is 0 Å². The molecular weight excluding hydrogens is 781 g/mol. The lowest BCUT2D eigenvalue weighted by Crippen LogP contribution is -2.34. The van der Waals surface area contributed by atoms with Crippen LogP contribution in [0.25, 0.3) is 0 Å². The zero-order chi connectivity index (χ0) is 44.2. The molecule has 0 spiro atoms. The lowest BCUT2D eigenvalue weighted by Gasteiger charge is -2.20. The number of phosphoric acid groups is 1. The maximum absolute atomic E-state index is 12.6. The minimum atomic E-state index is -4.73. The van der Waals surface area contributed by atoms with Crippen LogP contribution in [-0.4, -0.2) is 59.9 Å². The van der Waals surface area contributed by atoms with Crippen LogP contribution in [0.4, 0.5) is 0 Å². The molecule has 0 fully saturated rings. The molecular formula is C48H86NO10P. The van der Waals surface area contributed by atoms with Gasteiger partial charge in [0.1, 0.15) is 12.6 Å². The molecule has 1 unspecified atom stereocenters.